The average molecular weight is 510 g/mol. The van der Waals surface area contributed by atoms with E-state index in [9.17, 15) is 9.59 Å². The Balaban J connectivity index is 1.46. The minimum atomic E-state index is -0.588. The van der Waals surface area contributed by atoms with Gasteiger partial charge in [0.25, 0.3) is 11.8 Å². The Labute approximate surface area is 220 Å². The number of nitrogens with zero attached hydrogens (tertiary/aromatic N) is 1. The van der Waals surface area contributed by atoms with Crippen molar-refractivity contribution in [2.24, 2.45) is 5.10 Å². The molecule has 0 fully saturated rings. The lowest BCUT2D eigenvalue weighted by molar-refractivity contribution is -0.117. The van der Waals surface area contributed by atoms with Crippen LogP contribution in [0.5, 0.6) is 0 Å². The second kappa shape index (κ2) is 12.3. The van der Waals surface area contributed by atoms with Gasteiger partial charge in [-0.1, -0.05) is 84.4 Å². The Hall–Kier alpha value is -4.68. The van der Waals surface area contributed by atoms with Crippen LogP contribution in [0, 0.1) is 6.92 Å². The summed E-state index contributed by atoms with van der Waals surface area (Å²) in [6, 6.07) is 27.4. The topological polar surface area (TPSA) is 83.7 Å². The smallest absolute Gasteiger partial charge is 0.287 e. The molecule has 0 aliphatic heterocycles. The largest absolute Gasteiger partial charge is 0.455 e. The van der Waals surface area contributed by atoms with Gasteiger partial charge in [-0.2, -0.15) is 5.10 Å². The zero-order valence-electron chi connectivity index (χ0n) is 20.0. The van der Waals surface area contributed by atoms with Crippen LogP contribution in [-0.2, 0) is 4.79 Å². The highest BCUT2D eigenvalue weighted by atomic mass is 35.5. The number of rotatable bonds is 8. The lowest BCUT2D eigenvalue weighted by atomic mass is 10.1. The van der Waals surface area contributed by atoms with Gasteiger partial charge in [0.1, 0.15) is 17.2 Å². The number of halogens is 1. The van der Waals surface area contributed by atoms with Gasteiger partial charge < -0.3 is 9.73 Å². The van der Waals surface area contributed by atoms with Crippen LogP contribution in [0.1, 0.15) is 27.2 Å². The minimum absolute atomic E-state index is 0.0348. The van der Waals surface area contributed by atoms with Gasteiger partial charge in [0.15, 0.2) is 0 Å². The fourth-order valence-electron chi connectivity index (χ4n) is 3.32. The molecule has 1 heterocycles. The molecular weight excluding hydrogens is 486 g/mol. The number of hydrogen-bond acceptors (Lipinski definition) is 4. The van der Waals surface area contributed by atoms with Crippen molar-refractivity contribution >= 4 is 35.7 Å². The van der Waals surface area contributed by atoms with Crippen LogP contribution in [0.3, 0.4) is 0 Å². The molecule has 0 saturated heterocycles. The van der Waals surface area contributed by atoms with Gasteiger partial charge in [-0.3, -0.25) is 9.59 Å². The maximum absolute atomic E-state index is 12.9. The highest BCUT2D eigenvalue weighted by molar-refractivity contribution is 6.31. The predicted molar refractivity (Wildman–Crippen MR) is 147 cm³/mol. The number of amides is 2. The fraction of sp³-hybridized carbons (Fsp3) is 0.0333. The molecule has 0 unspecified atom stereocenters. The molecule has 4 rings (SSSR count). The summed E-state index contributed by atoms with van der Waals surface area (Å²) in [5.74, 6) is 0.0631. The highest BCUT2D eigenvalue weighted by Crippen LogP contribution is 2.26. The van der Waals surface area contributed by atoms with Gasteiger partial charge in [0.05, 0.1) is 6.21 Å². The summed E-state index contributed by atoms with van der Waals surface area (Å²) in [6.07, 6.45) is 6.41. The molecular formula is C30H24ClN3O3. The quantitative estimate of drug-likeness (QED) is 0.125. The van der Waals surface area contributed by atoms with Crippen molar-refractivity contribution in [2.45, 2.75) is 6.92 Å². The predicted octanol–water partition coefficient (Wildman–Crippen LogP) is 6.39. The highest BCUT2D eigenvalue weighted by Gasteiger charge is 2.13. The van der Waals surface area contributed by atoms with Crippen molar-refractivity contribution in [3.63, 3.8) is 0 Å². The molecule has 37 heavy (non-hydrogen) atoms. The molecule has 3 aromatic carbocycles. The van der Waals surface area contributed by atoms with Crippen LogP contribution < -0.4 is 10.7 Å². The molecule has 2 N–H and O–H groups in total. The number of nitrogens with one attached hydrogen (secondary N) is 2. The molecule has 0 radical (unpaired) electrons. The van der Waals surface area contributed by atoms with E-state index in [1.165, 1.54) is 12.3 Å². The molecule has 7 heteroatoms. The first-order valence-corrected chi connectivity index (χ1v) is 11.9. The lowest BCUT2D eigenvalue weighted by Crippen LogP contribution is -2.32. The van der Waals surface area contributed by atoms with Gasteiger partial charge in [0, 0.05) is 16.1 Å². The first kappa shape index (κ1) is 25.4. The van der Waals surface area contributed by atoms with Crippen molar-refractivity contribution < 1.29 is 14.0 Å². The summed E-state index contributed by atoms with van der Waals surface area (Å²) in [5, 5.41) is 7.29. The summed E-state index contributed by atoms with van der Waals surface area (Å²) in [4.78, 5) is 25.5. The van der Waals surface area contributed by atoms with Crippen molar-refractivity contribution in [3.8, 4) is 11.3 Å². The van der Waals surface area contributed by atoms with Crippen molar-refractivity contribution in [3.05, 3.63) is 136 Å². The molecule has 0 bridgehead atoms. The third-order valence-electron chi connectivity index (χ3n) is 5.32. The Morgan fingerprint density at radius 1 is 0.919 bits per heavy atom. The van der Waals surface area contributed by atoms with E-state index < -0.39 is 11.8 Å². The molecule has 0 aliphatic carbocycles. The standard InChI is InChI=1S/C30H24ClN3O3/c1-21-15-16-24(19-26(21)31)28-18-17-25(37-28)20-32-34-30(36)27(14-8-11-22-9-4-2-5-10-22)33-29(35)23-12-6-3-7-13-23/h2-20H,1H3,(H,33,35)(H,34,36)/b11-8+,27-14-,32-20+. The summed E-state index contributed by atoms with van der Waals surface area (Å²) >= 11 is 6.21. The second-order valence-electron chi connectivity index (χ2n) is 8.04. The number of hydrogen-bond donors (Lipinski definition) is 2. The number of hydrazone groups is 1. The average Bonchev–Trinajstić information content (AvgIpc) is 3.39. The lowest BCUT2D eigenvalue weighted by Gasteiger charge is -2.08. The number of benzene rings is 3. The molecule has 184 valence electrons. The van der Waals surface area contributed by atoms with Gasteiger partial charge >= 0.3 is 0 Å². The van der Waals surface area contributed by atoms with Gasteiger partial charge in [-0.25, -0.2) is 5.43 Å². The van der Waals surface area contributed by atoms with E-state index in [1.54, 1.807) is 42.5 Å². The summed E-state index contributed by atoms with van der Waals surface area (Å²) in [6.45, 7) is 1.93. The van der Waals surface area contributed by atoms with Crippen LogP contribution in [0.25, 0.3) is 17.4 Å². The monoisotopic (exact) mass is 509 g/mol. The van der Waals surface area contributed by atoms with E-state index in [-0.39, 0.29) is 5.70 Å². The zero-order chi connectivity index (χ0) is 26.0. The molecule has 4 aromatic rings. The summed E-state index contributed by atoms with van der Waals surface area (Å²) in [5.41, 5.74) is 5.66. The molecule has 0 spiro atoms. The summed E-state index contributed by atoms with van der Waals surface area (Å²) in [7, 11) is 0. The zero-order valence-corrected chi connectivity index (χ0v) is 20.8. The maximum atomic E-state index is 12.9. The van der Waals surface area contributed by atoms with E-state index in [1.807, 2.05) is 67.6 Å². The molecule has 0 saturated carbocycles. The summed E-state index contributed by atoms with van der Waals surface area (Å²) < 4.78 is 5.79. The third-order valence-corrected chi connectivity index (χ3v) is 5.73. The van der Waals surface area contributed by atoms with Crippen LogP contribution in [0.15, 0.2) is 118 Å². The number of carbonyl (C=O) groups is 2. The molecule has 1 aromatic heterocycles. The number of aryl methyl sites for hydroxylation is 1. The molecule has 6 nitrogen and oxygen atoms in total. The molecule has 2 amide bonds. The van der Waals surface area contributed by atoms with Crippen LogP contribution >= 0.6 is 11.6 Å². The van der Waals surface area contributed by atoms with Crippen molar-refractivity contribution in [1.82, 2.24) is 10.7 Å². The number of allylic oxidation sites excluding steroid dienone is 2. The van der Waals surface area contributed by atoms with E-state index in [2.05, 4.69) is 15.8 Å². The fourth-order valence-corrected chi connectivity index (χ4v) is 3.50. The Kier molecular flexibility index (Phi) is 8.47. The number of carbonyl (C=O) groups excluding carboxylic acids is 2. The normalized spacial score (nSPS) is 11.7. The minimum Gasteiger partial charge on any atom is -0.455 e. The molecule has 0 aliphatic rings. The maximum Gasteiger partial charge on any atom is 0.287 e. The van der Waals surface area contributed by atoms with Gasteiger partial charge in [0.2, 0.25) is 0 Å². The molecule has 0 atom stereocenters. The second-order valence-corrected chi connectivity index (χ2v) is 8.44. The SMILES string of the molecule is Cc1ccc(-c2ccc(/C=N/NC(=O)/C(=C/C=C/c3ccccc3)NC(=O)c3ccccc3)o2)cc1Cl. The van der Waals surface area contributed by atoms with Gasteiger partial charge in [-0.05, 0) is 54.5 Å². The first-order chi connectivity index (χ1) is 18.0. The van der Waals surface area contributed by atoms with E-state index in [0.29, 0.717) is 22.1 Å². The van der Waals surface area contributed by atoms with Crippen LogP contribution in [0.4, 0.5) is 0 Å². The van der Waals surface area contributed by atoms with E-state index >= 15 is 0 Å². The first-order valence-electron chi connectivity index (χ1n) is 11.5. The number of furan rings is 1. The van der Waals surface area contributed by atoms with Crippen molar-refractivity contribution in [2.75, 3.05) is 0 Å². The Morgan fingerprint density at radius 2 is 1.65 bits per heavy atom. The van der Waals surface area contributed by atoms with Crippen molar-refractivity contribution in [1.29, 1.82) is 0 Å². The van der Waals surface area contributed by atoms with Crippen LogP contribution in [-0.4, -0.2) is 18.0 Å². The third kappa shape index (κ3) is 7.16. The van der Waals surface area contributed by atoms with E-state index in [0.717, 1.165) is 16.7 Å². The van der Waals surface area contributed by atoms with Gasteiger partial charge in [-0.15, -0.1) is 0 Å². The van der Waals surface area contributed by atoms with Crippen LogP contribution in [0.2, 0.25) is 5.02 Å². The Bertz CT molecular complexity index is 1470. The van der Waals surface area contributed by atoms with E-state index in [4.69, 9.17) is 16.0 Å². The Morgan fingerprint density at radius 3 is 2.38 bits per heavy atom.